The minimum Gasteiger partial charge on any atom is -0.388 e. The number of hydrogen-bond donors (Lipinski definition) is 2. The van der Waals surface area contributed by atoms with Crippen LogP contribution in [0, 0.1) is 5.92 Å². The number of carbonyl (C=O) groups excluding carboxylic acids is 1. The summed E-state index contributed by atoms with van der Waals surface area (Å²) in [6.07, 6.45) is -0.548. The van der Waals surface area contributed by atoms with E-state index in [4.69, 9.17) is 4.74 Å². The Hall–Kier alpha value is -0.610. The van der Waals surface area contributed by atoms with Gasteiger partial charge in [-0.3, -0.25) is 4.79 Å². The van der Waals surface area contributed by atoms with Crippen LogP contribution in [0.2, 0.25) is 0 Å². The number of aliphatic hydroxyl groups is 1. The first kappa shape index (κ1) is 9.48. The number of amides is 1. The first-order chi connectivity index (χ1) is 5.61. The fourth-order valence-electron chi connectivity index (χ4n) is 1.03. The average molecular weight is 173 g/mol. The van der Waals surface area contributed by atoms with Gasteiger partial charge in [-0.1, -0.05) is 13.8 Å². The molecule has 1 fully saturated rings. The summed E-state index contributed by atoms with van der Waals surface area (Å²) in [6, 6.07) is -0.222. The van der Waals surface area contributed by atoms with E-state index in [1.54, 1.807) is 0 Å². The SMILES string of the molecule is CC(C)C(=O)N[C@@H]1COC[C@H]1O. The molecule has 2 atom stereocenters. The van der Waals surface area contributed by atoms with Crippen molar-refractivity contribution >= 4 is 5.91 Å². The zero-order valence-electron chi connectivity index (χ0n) is 7.41. The molecule has 4 nitrogen and oxygen atoms in total. The summed E-state index contributed by atoms with van der Waals surface area (Å²) in [5.74, 6) is -0.0812. The summed E-state index contributed by atoms with van der Waals surface area (Å²) >= 11 is 0. The maximum Gasteiger partial charge on any atom is 0.222 e. The standard InChI is InChI=1S/C8H15NO3/c1-5(2)8(11)9-6-3-12-4-7(6)10/h5-7,10H,3-4H2,1-2H3,(H,9,11)/t6-,7-/m1/s1. The van der Waals surface area contributed by atoms with Crippen LogP contribution in [0.1, 0.15) is 13.8 Å². The van der Waals surface area contributed by atoms with Crippen LogP contribution in [0.5, 0.6) is 0 Å². The Balaban J connectivity index is 2.35. The highest BCUT2D eigenvalue weighted by molar-refractivity contribution is 5.78. The van der Waals surface area contributed by atoms with Gasteiger partial charge in [0.15, 0.2) is 0 Å². The second-order valence-electron chi connectivity index (χ2n) is 3.37. The minimum atomic E-state index is -0.548. The third-order valence-electron chi connectivity index (χ3n) is 1.90. The summed E-state index contributed by atoms with van der Waals surface area (Å²) in [6.45, 7) is 4.37. The van der Waals surface area contributed by atoms with E-state index in [0.29, 0.717) is 13.2 Å². The molecule has 12 heavy (non-hydrogen) atoms. The van der Waals surface area contributed by atoms with Crippen LogP contribution >= 0.6 is 0 Å². The van der Waals surface area contributed by atoms with Gasteiger partial charge in [-0.2, -0.15) is 0 Å². The Kier molecular flexibility index (Phi) is 3.05. The minimum absolute atomic E-state index is 0.0375. The number of carbonyl (C=O) groups is 1. The molecule has 4 heteroatoms. The molecule has 0 radical (unpaired) electrons. The molecule has 0 aromatic rings. The van der Waals surface area contributed by atoms with Crippen LogP contribution < -0.4 is 5.32 Å². The smallest absolute Gasteiger partial charge is 0.222 e. The third-order valence-corrected chi connectivity index (χ3v) is 1.90. The Morgan fingerprint density at radius 1 is 1.58 bits per heavy atom. The largest absolute Gasteiger partial charge is 0.388 e. The van der Waals surface area contributed by atoms with Crippen LogP contribution in [0.25, 0.3) is 0 Å². The van der Waals surface area contributed by atoms with Crippen LogP contribution in [0.15, 0.2) is 0 Å². The molecular formula is C8H15NO3. The lowest BCUT2D eigenvalue weighted by molar-refractivity contribution is -0.125. The summed E-state index contributed by atoms with van der Waals surface area (Å²) < 4.78 is 4.99. The molecular weight excluding hydrogens is 158 g/mol. The fraction of sp³-hybridized carbons (Fsp3) is 0.875. The van der Waals surface area contributed by atoms with E-state index < -0.39 is 6.10 Å². The molecule has 0 saturated carbocycles. The van der Waals surface area contributed by atoms with Crippen LogP contribution in [-0.4, -0.2) is 36.4 Å². The summed E-state index contributed by atoms with van der Waals surface area (Å²) in [5, 5.41) is 12.0. The van der Waals surface area contributed by atoms with Gasteiger partial charge >= 0.3 is 0 Å². The van der Waals surface area contributed by atoms with Crippen molar-refractivity contribution in [2.75, 3.05) is 13.2 Å². The molecule has 1 amide bonds. The topological polar surface area (TPSA) is 58.6 Å². The molecule has 0 unspecified atom stereocenters. The fourth-order valence-corrected chi connectivity index (χ4v) is 1.03. The number of hydrogen-bond acceptors (Lipinski definition) is 3. The van der Waals surface area contributed by atoms with Crippen molar-refractivity contribution in [2.24, 2.45) is 5.92 Å². The summed E-state index contributed by atoms with van der Waals surface area (Å²) in [7, 11) is 0. The quantitative estimate of drug-likeness (QED) is 0.593. The van der Waals surface area contributed by atoms with Gasteiger partial charge < -0.3 is 15.2 Å². The van der Waals surface area contributed by atoms with Gasteiger partial charge in [0.25, 0.3) is 0 Å². The Morgan fingerprint density at radius 2 is 2.25 bits per heavy atom. The molecule has 0 aliphatic carbocycles. The van der Waals surface area contributed by atoms with E-state index in [9.17, 15) is 9.90 Å². The summed E-state index contributed by atoms with van der Waals surface area (Å²) in [4.78, 5) is 11.2. The van der Waals surface area contributed by atoms with E-state index in [1.807, 2.05) is 13.8 Å². The Bertz CT molecular complexity index is 170. The van der Waals surface area contributed by atoms with Crippen LogP contribution in [0.3, 0.4) is 0 Å². The van der Waals surface area contributed by atoms with Gasteiger partial charge in [0.1, 0.15) is 0 Å². The molecule has 1 saturated heterocycles. The zero-order chi connectivity index (χ0) is 9.14. The van der Waals surface area contributed by atoms with Crippen molar-refractivity contribution in [3.05, 3.63) is 0 Å². The van der Waals surface area contributed by atoms with Crippen molar-refractivity contribution in [1.82, 2.24) is 5.32 Å². The van der Waals surface area contributed by atoms with Gasteiger partial charge in [0, 0.05) is 5.92 Å². The first-order valence-corrected chi connectivity index (χ1v) is 4.17. The lowest BCUT2D eigenvalue weighted by Crippen LogP contribution is -2.44. The predicted molar refractivity (Wildman–Crippen MR) is 43.6 cm³/mol. The van der Waals surface area contributed by atoms with Crippen molar-refractivity contribution in [3.63, 3.8) is 0 Å². The maximum absolute atomic E-state index is 11.2. The Labute approximate surface area is 71.9 Å². The van der Waals surface area contributed by atoms with Gasteiger partial charge in [-0.25, -0.2) is 0 Å². The van der Waals surface area contributed by atoms with E-state index in [1.165, 1.54) is 0 Å². The number of aliphatic hydroxyl groups excluding tert-OH is 1. The second-order valence-corrected chi connectivity index (χ2v) is 3.37. The van der Waals surface area contributed by atoms with Crippen LogP contribution in [-0.2, 0) is 9.53 Å². The highest BCUT2D eigenvalue weighted by atomic mass is 16.5. The van der Waals surface area contributed by atoms with E-state index in [0.717, 1.165) is 0 Å². The van der Waals surface area contributed by atoms with Crippen molar-refractivity contribution in [2.45, 2.75) is 26.0 Å². The van der Waals surface area contributed by atoms with Gasteiger partial charge in [0.05, 0.1) is 25.4 Å². The monoisotopic (exact) mass is 173 g/mol. The van der Waals surface area contributed by atoms with E-state index in [-0.39, 0.29) is 17.9 Å². The zero-order valence-corrected chi connectivity index (χ0v) is 7.41. The highest BCUT2D eigenvalue weighted by Crippen LogP contribution is 2.05. The van der Waals surface area contributed by atoms with Crippen molar-refractivity contribution in [3.8, 4) is 0 Å². The lowest BCUT2D eigenvalue weighted by Gasteiger charge is -2.15. The lowest BCUT2D eigenvalue weighted by atomic mass is 10.1. The second kappa shape index (κ2) is 3.87. The first-order valence-electron chi connectivity index (χ1n) is 4.17. The number of rotatable bonds is 2. The summed E-state index contributed by atoms with van der Waals surface area (Å²) in [5.41, 5.74) is 0. The molecule has 0 spiro atoms. The van der Waals surface area contributed by atoms with Crippen molar-refractivity contribution < 1.29 is 14.6 Å². The molecule has 0 bridgehead atoms. The molecule has 1 aliphatic rings. The molecule has 0 aromatic carbocycles. The van der Waals surface area contributed by atoms with E-state index >= 15 is 0 Å². The molecule has 2 N–H and O–H groups in total. The molecule has 1 rings (SSSR count). The predicted octanol–water partition coefficient (Wildman–Crippen LogP) is -0.482. The highest BCUT2D eigenvalue weighted by Gasteiger charge is 2.27. The van der Waals surface area contributed by atoms with Gasteiger partial charge in [-0.05, 0) is 0 Å². The van der Waals surface area contributed by atoms with E-state index in [2.05, 4.69) is 5.32 Å². The molecule has 1 heterocycles. The van der Waals surface area contributed by atoms with Crippen LogP contribution in [0.4, 0.5) is 0 Å². The average Bonchev–Trinajstić information content (AvgIpc) is 2.36. The molecule has 1 aliphatic heterocycles. The number of nitrogens with one attached hydrogen (secondary N) is 1. The maximum atomic E-state index is 11.2. The van der Waals surface area contributed by atoms with Gasteiger partial charge in [0.2, 0.25) is 5.91 Å². The molecule has 70 valence electrons. The van der Waals surface area contributed by atoms with Crippen molar-refractivity contribution in [1.29, 1.82) is 0 Å². The molecule has 0 aromatic heterocycles. The number of ether oxygens (including phenoxy) is 1. The van der Waals surface area contributed by atoms with Gasteiger partial charge in [-0.15, -0.1) is 0 Å². The third kappa shape index (κ3) is 2.19. The normalized spacial score (nSPS) is 29.3. The Morgan fingerprint density at radius 3 is 2.67 bits per heavy atom.